The predicted molar refractivity (Wildman–Crippen MR) is 110 cm³/mol. The fraction of sp³-hybridized carbons (Fsp3) is 0.400. The second kappa shape index (κ2) is 9.93. The van der Waals surface area contributed by atoms with Crippen LogP contribution in [-0.2, 0) is 13.6 Å². The molecule has 150 valence electrons. The minimum absolute atomic E-state index is 0. The quantitative estimate of drug-likeness (QED) is 0.395. The van der Waals surface area contributed by atoms with E-state index in [9.17, 15) is 0 Å². The molecular weight excluding hydrogens is 436 g/mol. The zero-order valence-electron chi connectivity index (χ0n) is 17.1. The van der Waals surface area contributed by atoms with Crippen molar-refractivity contribution in [2.75, 3.05) is 18.0 Å². The summed E-state index contributed by atoms with van der Waals surface area (Å²) in [7, 11) is 2.07. The number of rotatable bonds is 7. The summed E-state index contributed by atoms with van der Waals surface area (Å²) in [4.78, 5) is 7.95. The Kier molecular flexibility index (Phi) is 7.88. The van der Waals surface area contributed by atoms with E-state index in [0.717, 1.165) is 31.0 Å². The lowest BCUT2D eigenvalue weighted by molar-refractivity contribution is -0.677. The average molecular weight is 463 g/mol. The minimum Gasteiger partial charge on any atom is -1.00 e. The average Bonchev–Trinajstić information content (AvgIpc) is 3.16. The van der Waals surface area contributed by atoms with Gasteiger partial charge in [-0.15, -0.1) is 10.2 Å². The van der Waals surface area contributed by atoms with Crippen molar-refractivity contribution in [2.24, 2.45) is 17.3 Å². The van der Waals surface area contributed by atoms with Crippen LogP contribution in [0, 0.1) is 20.8 Å². The molecule has 0 spiro atoms. The number of hydrogen-bond acceptors (Lipinski definition) is 5. The molecule has 0 fully saturated rings. The van der Waals surface area contributed by atoms with Crippen LogP contribution >= 0.6 is 11.3 Å². The third-order valence-corrected chi connectivity index (χ3v) is 5.83. The number of nitrogens with zero attached hydrogens (tertiary/aromatic N) is 6. The predicted octanol–water partition coefficient (Wildman–Crippen LogP) is 1.64. The van der Waals surface area contributed by atoms with Gasteiger partial charge < -0.3 is 21.9 Å². The number of aryl methyl sites for hydroxylation is 3. The van der Waals surface area contributed by atoms with Crippen molar-refractivity contribution in [3.05, 3.63) is 53.1 Å². The lowest BCUT2D eigenvalue weighted by Gasteiger charge is -2.22. The number of thiazole rings is 1. The lowest BCUT2D eigenvalue weighted by Crippen LogP contribution is -3.00. The van der Waals surface area contributed by atoms with Crippen LogP contribution in [0.5, 0.6) is 0 Å². The van der Waals surface area contributed by atoms with E-state index in [-0.39, 0.29) is 17.0 Å². The Labute approximate surface area is 181 Å². The van der Waals surface area contributed by atoms with E-state index in [4.69, 9.17) is 0 Å². The van der Waals surface area contributed by atoms with E-state index < -0.39 is 0 Å². The second-order valence-corrected chi connectivity index (χ2v) is 7.77. The molecule has 0 aliphatic rings. The van der Waals surface area contributed by atoms with Crippen LogP contribution in [0.25, 0.3) is 0 Å². The molecule has 2 aromatic heterocycles. The number of halogens is 1. The van der Waals surface area contributed by atoms with Gasteiger partial charge in [0.05, 0.1) is 25.0 Å². The molecule has 0 radical (unpaired) electrons. The first kappa shape index (κ1) is 22.2. The monoisotopic (exact) mass is 462 g/mol. The molecule has 0 saturated carbocycles. The third-order valence-electron chi connectivity index (χ3n) is 4.87. The van der Waals surface area contributed by atoms with Crippen LogP contribution in [-0.4, -0.2) is 22.6 Å². The van der Waals surface area contributed by atoms with Crippen molar-refractivity contribution in [3.8, 4) is 0 Å². The van der Waals surface area contributed by atoms with Gasteiger partial charge in [0.15, 0.2) is 0 Å². The molecule has 3 aromatic rings. The van der Waals surface area contributed by atoms with Gasteiger partial charge in [0.1, 0.15) is 18.9 Å². The summed E-state index contributed by atoms with van der Waals surface area (Å²) in [5.74, 6) is 1.26. The van der Waals surface area contributed by atoms with Crippen LogP contribution in [0.3, 0.4) is 0 Å². The van der Waals surface area contributed by atoms with Crippen molar-refractivity contribution in [2.45, 2.75) is 34.2 Å². The molecule has 0 aliphatic carbocycles. The third kappa shape index (κ3) is 5.26. The topological polar surface area (TPSA) is 49.7 Å². The van der Waals surface area contributed by atoms with Gasteiger partial charge in [0, 0.05) is 24.0 Å². The first-order chi connectivity index (χ1) is 13.0. The molecule has 0 N–H and O–H groups in total. The number of anilines is 1. The van der Waals surface area contributed by atoms with Crippen molar-refractivity contribution in [1.82, 2.24) is 9.55 Å². The molecule has 0 amide bonds. The fourth-order valence-electron chi connectivity index (χ4n) is 2.86. The van der Waals surface area contributed by atoms with Crippen LogP contribution in [0.15, 0.2) is 46.9 Å². The number of likely N-dealkylation sites (N-methyl/N-ethyl adjacent to an activating group) is 1. The van der Waals surface area contributed by atoms with Gasteiger partial charge in [0.25, 0.3) is 5.82 Å². The van der Waals surface area contributed by atoms with Crippen LogP contribution in [0.1, 0.15) is 23.3 Å². The molecule has 2 heterocycles. The summed E-state index contributed by atoms with van der Waals surface area (Å²) in [6.07, 6.45) is 4.23. The number of aromatic nitrogens is 3. The summed E-state index contributed by atoms with van der Waals surface area (Å²) < 4.78 is 4.42. The van der Waals surface area contributed by atoms with Gasteiger partial charge in [-0.2, -0.15) is 0 Å². The van der Waals surface area contributed by atoms with E-state index >= 15 is 0 Å². The number of benzene rings is 1. The maximum atomic E-state index is 4.39. The maximum Gasteiger partial charge on any atom is 0.253 e. The lowest BCUT2D eigenvalue weighted by atomic mass is 10.2. The van der Waals surface area contributed by atoms with Crippen LogP contribution in [0.2, 0.25) is 0 Å². The molecule has 0 bridgehead atoms. The van der Waals surface area contributed by atoms with Gasteiger partial charge >= 0.3 is 0 Å². The molecule has 0 aliphatic heterocycles. The maximum absolute atomic E-state index is 4.39. The SMILES string of the molecule is CCN(CCn1cc[n+](C)c1C)c1ccc(N=Nc2nc(C)c(C)s2)cc1.[Br-]. The van der Waals surface area contributed by atoms with E-state index in [0.29, 0.717) is 5.13 Å². The molecule has 8 heteroatoms. The number of imidazole rings is 1. The van der Waals surface area contributed by atoms with E-state index in [1.54, 1.807) is 11.3 Å². The summed E-state index contributed by atoms with van der Waals surface area (Å²) in [5.41, 5.74) is 3.06. The Morgan fingerprint density at radius 2 is 1.86 bits per heavy atom. The van der Waals surface area contributed by atoms with Gasteiger partial charge in [-0.3, -0.25) is 0 Å². The van der Waals surface area contributed by atoms with Crippen molar-refractivity contribution in [1.29, 1.82) is 0 Å². The van der Waals surface area contributed by atoms with E-state index in [1.807, 2.05) is 19.1 Å². The minimum atomic E-state index is 0. The Hall–Kier alpha value is -2.06. The normalized spacial score (nSPS) is 11.0. The molecule has 28 heavy (non-hydrogen) atoms. The highest BCUT2D eigenvalue weighted by Gasteiger charge is 2.11. The highest BCUT2D eigenvalue weighted by Crippen LogP contribution is 2.27. The Morgan fingerprint density at radius 1 is 1.14 bits per heavy atom. The summed E-state index contributed by atoms with van der Waals surface area (Å²) in [6.45, 7) is 11.3. The molecule has 0 atom stereocenters. The van der Waals surface area contributed by atoms with Crippen molar-refractivity contribution < 1.29 is 21.5 Å². The molecule has 1 aromatic carbocycles. The van der Waals surface area contributed by atoms with Crippen molar-refractivity contribution >= 4 is 27.8 Å². The Balaban J connectivity index is 0.00000280. The van der Waals surface area contributed by atoms with Crippen molar-refractivity contribution in [3.63, 3.8) is 0 Å². The molecule has 3 rings (SSSR count). The number of hydrogen-bond donors (Lipinski definition) is 0. The first-order valence-electron chi connectivity index (χ1n) is 9.20. The van der Waals surface area contributed by atoms with Gasteiger partial charge in [0.2, 0.25) is 5.13 Å². The highest BCUT2D eigenvalue weighted by atomic mass is 79.9. The van der Waals surface area contributed by atoms with Gasteiger partial charge in [-0.1, -0.05) is 11.3 Å². The van der Waals surface area contributed by atoms with E-state index in [1.165, 1.54) is 16.4 Å². The van der Waals surface area contributed by atoms with Crippen LogP contribution in [0.4, 0.5) is 16.5 Å². The van der Waals surface area contributed by atoms with Gasteiger partial charge in [-0.25, -0.2) is 14.1 Å². The summed E-state index contributed by atoms with van der Waals surface area (Å²) in [6, 6.07) is 8.24. The Morgan fingerprint density at radius 3 is 2.39 bits per heavy atom. The second-order valence-electron chi connectivity index (χ2n) is 6.58. The largest absolute Gasteiger partial charge is 1.00 e. The standard InChI is InChI=1S/C20H27N6S.BrH/c1-6-25(13-14-26-12-11-24(5)17(26)4)19-9-7-18(8-10-19)22-23-20-21-15(2)16(3)27-20;/h7-12H,6,13-14H2,1-5H3;1H/q+1;/p-1. The highest BCUT2D eigenvalue weighted by molar-refractivity contribution is 7.15. The smallest absolute Gasteiger partial charge is 0.253 e. The molecular formula is C20H27BrN6S. The zero-order chi connectivity index (χ0) is 19.4. The Bertz CT molecular complexity index is 909. The summed E-state index contributed by atoms with van der Waals surface area (Å²) >= 11 is 1.57. The molecule has 0 unspecified atom stereocenters. The molecule has 6 nitrogen and oxygen atoms in total. The van der Waals surface area contributed by atoms with E-state index in [2.05, 4.69) is 81.6 Å². The fourth-order valence-corrected chi connectivity index (χ4v) is 3.59. The zero-order valence-corrected chi connectivity index (χ0v) is 19.5. The molecule has 0 saturated heterocycles. The van der Waals surface area contributed by atoms with Crippen LogP contribution < -0.4 is 26.4 Å². The van der Waals surface area contributed by atoms with Gasteiger partial charge in [-0.05, 0) is 45.0 Å². The number of azo groups is 1. The first-order valence-corrected chi connectivity index (χ1v) is 10.0. The summed E-state index contributed by atoms with van der Waals surface area (Å²) in [5, 5.41) is 9.27.